The van der Waals surface area contributed by atoms with Gasteiger partial charge in [0, 0.05) is 30.4 Å². The molecule has 0 spiro atoms. The van der Waals surface area contributed by atoms with Gasteiger partial charge in [-0.2, -0.15) is 0 Å². The van der Waals surface area contributed by atoms with Gasteiger partial charge in [-0.15, -0.1) is 0 Å². The number of hydrogen-bond acceptors (Lipinski definition) is 7. The fraction of sp³-hybridized carbons (Fsp3) is 0.304. The zero-order chi connectivity index (χ0) is 22.6. The van der Waals surface area contributed by atoms with Crippen LogP contribution in [0.2, 0.25) is 0 Å². The molecule has 0 radical (unpaired) electrons. The van der Waals surface area contributed by atoms with Crippen molar-refractivity contribution in [2.24, 2.45) is 7.05 Å². The summed E-state index contributed by atoms with van der Waals surface area (Å²) in [4.78, 5) is 15.4. The Kier molecular flexibility index (Phi) is 6.61. The van der Waals surface area contributed by atoms with Crippen LogP contribution < -0.4 is 54.4 Å². The maximum absolute atomic E-state index is 13.8. The van der Waals surface area contributed by atoms with Gasteiger partial charge in [0.15, 0.2) is 16.3 Å². The predicted octanol–water partition coefficient (Wildman–Crippen LogP) is -0.702. The second kappa shape index (κ2) is 9.15. The van der Waals surface area contributed by atoms with Crippen LogP contribution in [-0.2, 0) is 13.5 Å². The van der Waals surface area contributed by atoms with Crippen LogP contribution in [0.15, 0.2) is 41.2 Å². The molecule has 10 heteroatoms. The molecule has 5 rings (SSSR count). The van der Waals surface area contributed by atoms with Crippen molar-refractivity contribution >= 4 is 12.2 Å². The molecule has 0 bridgehead atoms. The number of hydrogen-bond donors (Lipinski definition) is 0. The van der Waals surface area contributed by atoms with Crippen molar-refractivity contribution in [2.75, 3.05) is 27.5 Å². The van der Waals surface area contributed by atoms with Gasteiger partial charge in [0.2, 0.25) is 12.5 Å². The van der Waals surface area contributed by atoms with E-state index in [0.29, 0.717) is 29.5 Å². The molecule has 0 saturated carbocycles. The quantitative estimate of drug-likeness (QED) is 0.366. The number of rotatable bonds is 3. The van der Waals surface area contributed by atoms with Crippen molar-refractivity contribution in [3.63, 3.8) is 0 Å². The predicted molar refractivity (Wildman–Crippen MR) is 119 cm³/mol. The van der Waals surface area contributed by atoms with Crippen LogP contribution in [0.5, 0.6) is 23.1 Å². The SMILES string of the molecule is COc1c2c(cc3c1C(c1c([O-])n(-c4ccccc4)c(=S)n(C)c1=O)N(C)CC3)OCO2.[Na+]. The first-order chi connectivity index (χ1) is 15.4. The summed E-state index contributed by atoms with van der Waals surface area (Å²) in [6.07, 6.45) is 0.724. The average molecular weight is 476 g/mol. The molecule has 0 N–H and O–H groups in total. The van der Waals surface area contributed by atoms with E-state index in [1.807, 2.05) is 36.2 Å². The summed E-state index contributed by atoms with van der Waals surface area (Å²) in [7, 11) is 5.04. The largest absolute Gasteiger partial charge is 1.00 e. The molecule has 1 aromatic heterocycles. The van der Waals surface area contributed by atoms with Gasteiger partial charge in [-0.3, -0.25) is 14.3 Å². The van der Waals surface area contributed by atoms with Gasteiger partial charge in [0.05, 0.1) is 13.2 Å². The Morgan fingerprint density at radius 2 is 1.88 bits per heavy atom. The van der Waals surface area contributed by atoms with Crippen molar-refractivity contribution in [3.8, 4) is 28.8 Å². The molecule has 2 aliphatic heterocycles. The smallest absolute Gasteiger partial charge is 0.859 e. The number of methoxy groups -OCH3 is 1. The summed E-state index contributed by atoms with van der Waals surface area (Å²) < 4.78 is 19.9. The van der Waals surface area contributed by atoms with E-state index in [1.54, 1.807) is 26.3 Å². The minimum Gasteiger partial charge on any atom is -0.859 e. The Morgan fingerprint density at radius 1 is 1.15 bits per heavy atom. The van der Waals surface area contributed by atoms with E-state index in [2.05, 4.69) is 0 Å². The van der Waals surface area contributed by atoms with Gasteiger partial charge in [-0.25, -0.2) is 0 Å². The average Bonchev–Trinajstić information content (AvgIpc) is 3.27. The number of para-hydroxylation sites is 1. The molecule has 8 nitrogen and oxygen atoms in total. The van der Waals surface area contributed by atoms with Crippen LogP contribution in [0.3, 0.4) is 0 Å². The summed E-state index contributed by atoms with van der Waals surface area (Å²) in [6, 6.07) is 10.4. The van der Waals surface area contributed by atoms with Crippen molar-refractivity contribution in [3.05, 3.63) is 68.2 Å². The summed E-state index contributed by atoms with van der Waals surface area (Å²) >= 11 is 5.48. The van der Waals surface area contributed by atoms with E-state index in [4.69, 9.17) is 26.4 Å². The summed E-state index contributed by atoms with van der Waals surface area (Å²) in [6.45, 7) is 0.756. The molecule has 33 heavy (non-hydrogen) atoms. The Bertz CT molecular complexity index is 1340. The number of aromatic nitrogens is 2. The van der Waals surface area contributed by atoms with E-state index < -0.39 is 17.5 Å². The van der Waals surface area contributed by atoms with E-state index >= 15 is 0 Å². The second-order valence-electron chi connectivity index (χ2n) is 7.89. The van der Waals surface area contributed by atoms with E-state index in [0.717, 1.165) is 17.5 Å². The first-order valence-corrected chi connectivity index (χ1v) is 10.6. The van der Waals surface area contributed by atoms with Crippen LogP contribution in [0, 0.1) is 4.77 Å². The molecule has 0 aliphatic carbocycles. The molecule has 3 heterocycles. The number of fused-ring (bicyclic) bond motifs is 2. The Balaban J connectivity index is 0.00000259. The molecule has 0 amide bonds. The van der Waals surface area contributed by atoms with Crippen LogP contribution in [0.4, 0.5) is 0 Å². The number of nitrogens with zero attached hydrogens (tertiary/aromatic N) is 3. The third-order valence-electron chi connectivity index (χ3n) is 6.13. The molecule has 1 unspecified atom stereocenters. The third-order valence-corrected chi connectivity index (χ3v) is 6.59. The molecular weight excluding hydrogens is 453 g/mol. The molecule has 2 aromatic carbocycles. The van der Waals surface area contributed by atoms with Crippen molar-refractivity contribution in [1.29, 1.82) is 0 Å². The van der Waals surface area contributed by atoms with E-state index in [9.17, 15) is 9.90 Å². The molecular formula is C23H22N3NaO5S. The van der Waals surface area contributed by atoms with Crippen molar-refractivity contribution in [1.82, 2.24) is 14.0 Å². The number of ether oxygens (including phenoxy) is 3. The zero-order valence-electron chi connectivity index (χ0n) is 19.0. The Labute approximate surface area is 218 Å². The van der Waals surface area contributed by atoms with Gasteiger partial charge in [0.1, 0.15) is 0 Å². The molecule has 1 atom stereocenters. The van der Waals surface area contributed by atoms with Crippen LogP contribution >= 0.6 is 12.2 Å². The number of likely N-dealkylation sites (N-methyl/N-ethyl adjacent to an activating group) is 1. The van der Waals surface area contributed by atoms with Crippen molar-refractivity contribution < 1.29 is 48.9 Å². The second-order valence-corrected chi connectivity index (χ2v) is 8.25. The molecule has 2 aliphatic rings. The molecule has 0 saturated heterocycles. The topological polar surface area (TPSA) is 80.9 Å². The number of benzene rings is 2. The fourth-order valence-corrected chi connectivity index (χ4v) is 4.82. The van der Waals surface area contributed by atoms with Crippen LogP contribution in [0.1, 0.15) is 22.7 Å². The molecule has 0 fully saturated rings. The summed E-state index contributed by atoms with van der Waals surface area (Å²) in [5.41, 5.74) is 2.01. The summed E-state index contributed by atoms with van der Waals surface area (Å²) in [5.74, 6) is 1.15. The van der Waals surface area contributed by atoms with Gasteiger partial charge in [-0.1, -0.05) is 18.2 Å². The zero-order valence-corrected chi connectivity index (χ0v) is 21.8. The first kappa shape index (κ1) is 23.8. The van der Waals surface area contributed by atoms with Crippen LogP contribution in [-0.4, -0.2) is 41.5 Å². The first-order valence-electron chi connectivity index (χ1n) is 10.2. The van der Waals surface area contributed by atoms with Gasteiger partial charge >= 0.3 is 29.6 Å². The van der Waals surface area contributed by atoms with Crippen LogP contribution in [0.25, 0.3) is 5.69 Å². The third kappa shape index (κ3) is 3.68. The minimum atomic E-state index is -0.625. The standard InChI is InChI=1S/C23H23N3O5S.Na/c1-24-10-9-13-11-15-19(31-12-30-15)20(29-3)16(13)18(24)17-21(27)25(2)23(32)26(22(17)28)14-7-5-4-6-8-14;/h4-8,11,18,28H,9-10,12H2,1-3H3;/q;+1/p-1. The Hall–Kier alpha value is -2.30. The molecule has 3 aromatic rings. The maximum atomic E-state index is 13.8. The fourth-order valence-electron chi connectivity index (χ4n) is 4.55. The van der Waals surface area contributed by atoms with Gasteiger partial charge < -0.3 is 23.9 Å². The van der Waals surface area contributed by atoms with Gasteiger partial charge in [-0.05, 0) is 55.3 Å². The van der Waals surface area contributed by atoms with E-state index in [1.165, 1.54) is 9.13 Å². The Morgan fingerprint density at radius 3 is 2.58 bits per heavy atom. The minimum absolute atomic E-state index is 0. The normalized spacial score (nSPS) is 16.8. The maximum Gasteiger partial charge on any atom is 1.00 e. The van der Waals surface area contributed by atoms with Crippen molar-refractivity contribution in [2.45, 2.75) is 12.5 Å². The van der Waals surface area contributed by atoms with Gasteiger partial charge in [0.25, 0.3) is 5.56 Å². The monoisotopic (exact) mass is 475 g/mol. The molecule has 166 valence electrons. The van der Waals surface area contributed by atoms with E-state index in [-0.39, 0.29) is 46.7 Å². The summed E-state index contributed by atoms with van der Waals surface area (Å²) in [5, 5.41) is 13.8.